The number of nitrogens with one attached hydrogen (secondary N) is 4. The molecule has 17 rings (SSSR count). The van der Waals surface area contributed by atoms with Gasteiger partial charge in [-0.05, 0) is 241 Å². The van der Waals surface area contributed by atoms with E-state index in [1.807, 2.05) is 48.5 Å². The summed E-state index contributed by atoms with van der Waals surface area (Å²) in [5.74, 6) is -0.0163. The Kier molecular flexibility index (Phi) is 34.0. The standard InChI is InChI=1S/C32H40N2O.C30H35F7N4O2.C21H23F3N6O.C20H19F6NO/c1-32(2,3)28-15-14-26(22-35)27(20-28)21-33-30-25-16-18-34(19-17-25)31(30)29(23-10-6-4-7-11-23)24-12-8-5-9-13-24;1-18-13-24(31)5-6-26(18)27-17-25(40-11-9-39(10-12-40)20(3)42)7-8-41(27)28(43)38(4)19(2)21-14-22(29(32,33)34)16-23(15-21)30(35,36)37;1-31-18-10-9-16(30-20(21(22,23)24)27-28-29-30)12-15(18)13-26-17-8-5-11-25-19(17)14-6-3-2-4-7-14;21-19(22,23)15-9-13(10-16(11-15)20(24,25)26)12-28-17-7-4-8-27-18(17)14-5-2-1-3-6-14/h4-15,20,25,29-31,33,35H,16-19,21-22H2,1-3H3;5-6,13-16,19,25,27H,7-12,17H2,1-4H3;2-4,6-7,9-10,12,17,19,25-26H,5,8,11,13H2,1H3;1-3,5-6,9-11,17-18,27H,4,7-8,12H2/t;19-,25+,27+;17-,19-;17-,18-/m.100/s1. The Balaban J connectivity index is 0.000000156. The number of alkyl halides is 15. The van der Waals surface area contributed by atoms with E-state index in [1.54, 1.807) is 34.9 Å². The number of halogens is 16. The first kappa shape index (κ1) is 104. The van der Waals surface area contributed by atoms with Crippen molar-refractivity contribution in [2.45, 2.75) is 216 Å². The number of likely N-dealkylation sites (tertiary alicyclic amines) is 1. The van der Waals surface area contributed by atoms with Gasteiger partial charge in [0.2, 0.25) is 5.91 Å². The second-order valence-corrected chi connectivity index (χ2v) is 36.9. The summed E-state index contributed by atoms with van der Waals surface area (Å²) in [6.45, 7) is 19.2. The monoisotopic (exact) mass is 1920 g/mol. The predicted molar refractivity (Wildman–Crippen MR) is 489 cm³/mol. The van der Waals surface area contributed by atoms with Crippen LogP contribution in [0, 0.1) is 18.7 Å². The summed E-state index contributed by atoms with van der Waals surface area (Å²) >= 11 is 0. The molecule has 7 fully saturated rings. The number of piperazine rings is 1. The fourth-order valence-corrected chi connectivity index (χ4v) is 19.6. The van der Waals surface area contributed by atoms with Crippen molar-refractivity contribution in [3.8, 4) is 11.4 Å². The molecule has 1 aromatic heterocycles. The number of aryl methyl sites for hydroxylation is 1. The Hall–Kier alpha value is -10.9. The minimum absolute atomic E-state index is 0.000149. The van der Waals surface area contributed by atoms with E-state index in [1.165, 1.54) is 100.0 Å². The molecule has 2 unspecified atom stereocenters. The van der Waals surface area contributed by atoms with Gasteiger partial charge in [-0.15, -0.1) is 5.10 Å². The largest absolute Gasteiger partial charge is 0.496 e. The van der Waals surface area contributed by atoms with Gasteiger partial charge < -0.3 is 50.5 Å². The molecule has 0 spiro atoms. The molecule has 9 aromatic carbocycles. The topological polar surface area (TPSA) is 181 Å². The van der Waals surface area contributed by atoms with Crippen molar-refractivity contribution in [2.75, 3.05) is 73.1 Å². The molecule has 9 atom stereocenters. The number of hydrogen-bond donors (Lipinski definition) is 5. The number of nitrogens with zero attached hydrogens (tertiary/aromatic N) is 9. The number of aliphatic hydroxyl groups is 1. The summed E-state index contributed by atoms with van der Waals surface area (Å²) in [4.78, 5) is 35.2. The van der Waals surface area contributed by atoms with E-state index in [-0.39, 0.29) is 90.3 Å². The van der Waals surface area contributed by atoms with Crippen molar-refractivity contribution in [3.05, 3.63) is 313 Å². The van der Waals surface area contributed by atoms with E-state index in [0.29, 0.717) is 122 Å². The van der Waals surface area contributed by atoms with Crippen molar-refractivity contribution < 1.29 is 94.4 Å². The first-order valence-electron chi connectivity index (χ1n) is 46.2. The third-order valence-electron chi connectivity index (χ3n) is 27.0. The number of carbonyl (C=O) groups excluding carboxylic acids is 2. The van der Waals surface area contributed by atoms with Gasteiger partial charge in [0.15, 0.2) is 0 Å². The molecule has 736 valence electrons. The minimum Gasteiger partial charge on any atom is -0.496 e. The molecule has 10 aromatic rings. The molecule has 7 aliphatic heterocycles. The number of piperidine rings is 6. The van der Waals surface area contributed by atoms with Crippen molar-refractivity contribution in [1.82, 2.24) is 66.0 Å². The van der Waals surface area contributed by atoms with E-state index >= 15 is 0 Å². The zero-order valence-corrected chi connectivity index (χ0v) is 77.6. The van der Waals surface area contributed by atoms with Crippen LogP contribution >= 0.6 is 0 Å². The highest BCUT2D eigenvalue weighted by molar-refractivity contribution is 5.76. The van der Waals surface area contributed by atoms with Crippen LogP contribution in [0.15, 0.2) is 212 Å². The molecule has 34 heteroatoms. The molecule has 137 heavy (non-hydrogen) atoms. The lowest BCUT2D eigenvalue weighted by molar-refractivity contribution is -0.147. The van der Waals surface area contributed by atoms with E-state index < -0.39 is 82.9 Å². The number of methoxy groups -OCH3 is 1. The summed E-state index contributed by atoms with van der Waals surface area (Å²) in [7, 11) is 2.88. The number of benzene rings is 9. The molecule has 3 amide bonds. The molecule has 2 bridgehead atoms. The normalized spacial score (nSPS) is 21.4. The SMILES string of the molecule is CC(=O)N1CCN([C@H]2CCN(C(=O)N(C)[C@H](C)c3cc(C(F)(F)F)cc(C(F)(F)F)c3)[C@H](c3ccc(F)cc3C)C2)CC1.CC(C)(C)c1ccc(CO)c(CNC2C3CCN(CC3)C2C(c2ccccc2)c2ccccc2)c1.COc1ccc(-n2nnnc2C(F)(F)F)cc1CN[C@H]1CCCN[C@H]1c1ccccc1.FC(F)(F)c1cc(CO[C@H]2CCCN[C@H]2c2ccccc2)cc(C(F)(F)F)c1. The number of fused-ring (bicyclic) bond motifs is 3. The number of aliphatic hydroxyl groups excluding tert-OH is 1. The molecule has 0 aliphatic carbocycles. The average molecular weight is 1920 g/mol. The van der Waals surface area contributed by atoms with Gasteiger partial charge in [-0.3, -0.25) is 14.6 Å². The van der Waals surface area contributed by atoms with Crippen LogP contribution in [-0.2, 0) is 72.1 Å². The van der Waals surface area contributed by atoms with Crippen LogP contribution in [-0.4, -0.2) is 165 Å². The summed E-state index contributed by atoms with van der Waals surface area (Å²) in [5, 5.41) is 34.3. The third-order valence-corrected chi connectivity index (χ3v) is 27.0. The third kappa shape index (κ3) is 26.4. The summed E-state index contributed by atoms with van der Waals surface area (Å²) in [6.07, 6.45) is -17.7. The maximum Gasteiger partial charge on any atom is 0.453 e. The first-order valence-corrected chi connectivity index (χ1v) is 46.2. The number of urea groups is 1. The maximum absolute atomic E-state index is 14.0. The number of tetrazole rings is 1. The van der Waals surface area contributed by atoms with Crippen molar-refractivity contribution in [2.24, 2.45) is 5.92 Å². The zero-order chi connectivity index (χ0) is 98.5. The quantitative estimate of drug-likeness (QED) is 0.0429. The van der Waals surface area contributed by atoms with Crippen molar-refractivity contribution in [1.29, 1.82) is 0 Å². The zero-order valence-electron chi connectivity index (χ0n) is 77.6. The van der Waals surface area contributed by atoms with Crippen molar-refractivity contribution >= 4 is 11.9 Å². The Morgan fingerprint density at radius 1 is 0.555 bits per heavy atom. The van der Waals surface area contributed by atoms with Crippen LogP contribution in [0.5, 0.6) is 5.75 Å². The Morgan fingerprint density at radius 2 is 1.10 bits per heavy atom. The van der Waals surface area contributed by atoms with Gasteiger partial charge in [-0.1, -0.05) is 166 Å². The maximum atomic E-state index is 14.0. The average Bonchev–Trinajstić information content (AvgIpc) is 0.947. The van der Waals surface area contributed by atoms with E-state index in [2.05, 4.69) is 158 Å². The van der Waals surface area contributed by atoms with E-state index in [9.17, 15) is 84.9 Å². The molecule has 8 heterocycles. The molecular weight excluding hydrogens is 1800 g/mol. The number of rotatable bonds is 21. The molecule has 0 saturated carbocycles. The summed E-state index contributed by atoms with van der Waals surface area (Å²) < 4.78 is 224. The predicted octanol–water partition coefficient (Wildman–Crippen LogP) is 21.5. The molecule has 7 aliphatic rings. The fraction of sp³-hybridized carbons (Fsp3) is 0.447. The first-order chi connectivity index (χ1) is 65.0. The highest BCUT2D eigenvalue weighted by Gasteiger charge is 2.48. The number of aromatic nitrogens is 4. The van der Waals surface area contributed by atoms with Gasteiger partial charge in [0.1, 0.15) is 11.6 Å². The lowest BCUT2D eigenvalue weighted by Gasteiger charge is -2.54. The van der Waals surface area contributed by atoms with E-state index in [0.717, 1.165) is 60.5 Å². The van der Waals surface area contributed by atoms with Gasteiger partial charge in [0.25, 0.3) is 5.82 Å². The van der Waals surface area contributed by atoms with Gasteiger partial charge in [0, 0.05) is 101 Å². The molecule has 18 nitrogen and oxygen atoms in total. The van der Waals surface area contributed by atoms with Crippen LogP contribution in [0.2, 0.25) is 0 Å². The highest BCUT2D eigenvalue weighted by atomic mass is 19.4. The van der Waals surface area contributed by atoms with Crippen LogP contribution in [0.3, 0.4) is 0 Å². The highest BCUT2D eigenvalue weighted by Crippen LogP contribution is 2.46. The van der Waals surface area contributed by atoms with Gasteiger partial charge in [0.05, 0.1) is 72.5 Å². The second-order valence-electron chi connectivity index (χ2n) is 36.9. The smallest absolute Gasteiger partial charge is 0.453 e. The van der Waals surface area contributed by atoms with Crippen LogP contribution in [0.25, 0.3) is 5.69 Å². The van der Waals surface area contributed by atoms with Crippen LogP contribution in [0.1, 0.15) is 211 Å². The van der Waals surface area contributed by atoms with Crippen molar-refractivity contribution in [3.63, 3.8) is 0 Å². The molecular formula is C103H117F16N13O5. The number of ether oxygens (including phenoxy) is 2. The summed E-state index contributed by atoms with van der Waals surface area (Å²) in [5.41, 5.74) is 4.89. The fourth-order valence-electron chi connectivity index (χ4n) is 19.6. The number of amides is 3. The van der Waals surface area contributed by atoms with E-state index in [4.69, 9.17) is 9.47 Å². The van der Waals surface area contributed by atoms with Gasteiger partial charge in [-0.2, -0.15) is 70.5 Å². The Bertz CT molecular complexity index is 5490. The van der Waals surface area contributed by atoms with Gasteiger partial charge in [-0.25, -0.2) is 9.18 Å². The number of hydrogen-bond acceptors (Lipinski definition) is 14. The molecule has 5 N–H and O–H groups in total. The second kappa shape index (κ2) is 45.0. The number of carbonyl (C=O) groups is 2. The molecule has 0 radical (unpaired) electrons. The van der Waals surface area contributed by atoms with Crippen LogP contribution < -0.4 is 26.0 Å². The van der Waals surface area contributed by atoms with Crippen LogP contribution in [0.4, 0.5) is 75.0 Å². The summed E-state index contributed by atoms with van der Waals surface area (Å²) in [6, 6.07) is 59.1. The lowest BCUT2D eigenvalue weighted by Crippen LogP contribution is -2.64. The molecule has 7 saturated heterocycles. The lowest BCUT2D eigenvalue weighted by atomic mass is 9.70. The Morgan fingerprint density at radius 3 is 1.64 bits per heavy atom. The van der Waals surface area contributed by atoms with Gasteiger partial charge >= 0.3 is 36.9 Å². The Labute approximate surface area is 787 Å². The minimum atomic E-state index is -5.01.